The minimum Gasteiger partial charge on any atom is -0.461 e. The van der Waals surface area contributed by atoms with E-state index in [1.54, 1.807) is 44.4 Å². The van der Waals surface area contributed by atoms with E-state index in [-0.39, 0.29) is 18.2 Å². The lowest BCUT2D eigenvalue weighted by Gasteiger charge is -2.18. The number of nitrogen functional groups attached to an aromatic ring is 1. The highest BCUT2D eigenvalue weighted by molar-refractivity contribution is 5.81. The van der Waals surface area contributed by atoms with Crippen LogP contribution in [0.2, 0.25) is 0 Å². The van der Waals surface area contributed by atoms with Crippen LogP contribution in [0.25, 0.3) is 11.1 Å². The average Bonchev–Trinajstić information content (AvgIpc) is 2.52. The van der Waals surface area contributed by atoms with Crippen LogP contribution in [0.15, 0.2) is 42.7 Å². The Hall–Kier alpha value is -2.50. The number of alkyl halides is 2. The number of carbonyl (C=O) groups is 1. The monoisotopic (exact) mass is 320 g/mol. The number of carbonyl (C=O) groups excluding carboxylic acids is 1. The van der Waals surface area contributed by atoms with Gasteiger partial charge in [0.25, 0.3) is 0 Å². The molecule has 6 heteroatoms. The van der Waals surface area contributed by atoms with Crippen molar-refractivity contribution in [3.8, 4) is 11.1 Å². The number of rotatable bonds is 5. The van der Waals surface area contributed by atoms with Crippen LogP contribution in [-0.2, 0) is 15.5 Å². The number of nitrogens with two attached hydrogens (primary N) is 1. The number of anilines is 1. The second kappa shape index (κ2) is 6.73. The van der Waals surface area contributed by atoms with E-state index in [1.165, 1.54) is 6.07 Å². The standard InChI is InChI=1S/C17H18F2N2O2/c1-11(2)10-23-16(22)17(18,19)14-7-13(8-15(20)9-14)12-3-5-21-6-4-12/h3-9,11H,10,20H2,1-2H3. The van der Waals surface area contributed by atoms with Crippen LogP contribution in [0.1, 0.15) is 19.4 Å². The maximum atomic E-state index is 14.3. The number of nitrogens with zero attached hydrogens (tertiary/aromatic N) is 1. The van der Waals surface area contributed by atoms with Crippen molar-refractivity contribution in [2.75, 3.05) is 12.3 Å². The lowest BCUT2D eigenvalue weighted by Crippen LogP contribution is -2.29. The molecule has 2 rings (SSSR count). The number of esters is 1. The summed E-state index contributed by atoms with van der Waals surface area (Å²) in [7, 11) is 0. The van der Waals surface area contributed by atoms with Crippen molar-refractivity contribution in [1.29, 1.82) is 0 Å². The van der Waals surface area contributed by atoms with Crippen molar-refractivity contribution in [3.63, 3.8) is 0 Å². The van der Waals surface area contributed by atoms with Gasteiger partial charge in [-0.15, -0.1) is 0 Å². The first-order valence-electron chi connectivity index (χ1n) is 7.17. The molecule has 0 aliphatic carbocycles. The normalized spacial score (nSPS) is 11.5. The third kappa shape index (κ3) is 4.03. The van der Waals surface area contributed by atoms with Gasteiger partial charge in [-0.25, -0.2) is 4.79 Å². The molecule has 1 heterocycles. The fourth-order valence-corrected chi connectivity index (χ4v) is 1.99. The maximum absolute atomic E-state index is 14.3. The van der Waals surface area contributed by atoms with Gasteiger partial charge >= 0.3 is 11.9 Å². The molecule has 0 amide bonds. The summed E-state index contributed by atoms with van der Waals surface area (Å²) >= 11 is 0. The van der Waals surface area contributed by atoms with Crippen LogP contribution in [0.3, 0.4) is 0 Å². The van der Waals surface area contributed by atoms with Crippen LogP contribution in [-0.4, -0.2) is 17.6 Å². The van der Waals surface area contributed by atoms with E-state index in [2.05, 4.69) is 9.72 Å². The van der Waals surface area contributed by atoms with E-state index >= 15 is 0 Å². The quantitative estimate of drug-likeness (QED) is 0.675. The first-order chi connectivity index (χ1) is 10.8. The molecule has 23 heavy (non-hydrogen) atoms. The Bertz CT molecular complexity index is 688. The van der Waals surface area contributed by atoms with Gasteiger partial charge in [0.15, 0.2) is 0 Å². The average molecular weight is 320 g/mol. The van der Waals surface area contributed by atoms with E-state index in [4.69, 9.17) is 5.73 Å². The number of hydrogen-bond acceptors (Lipinski definition) is 4. The van der Waals surface area contributed by atoms with Gasteiger partial charge < -0.3 is 10.5 Å². The Morgan fingerprint density at radius 3 is 2.48 bits per heavy atom. The SMILES string of the molecule is CC(C)COC(=O)C(F)(F)c1cc(N)cc(-c2ccncc2)c1. The molecule has 0 fully saturated rings. The Kier molecular flexibility index (Phi) is 4.93. The predicted molar refractivity (Wildman–Crippen MR) is 83.8 cm³/mol. The number of hydrogen-bond donors (Lipinski definition) is 1. The molecule has 1 aromatic carbocycles. The van der Waals surface area contributed by atoms with Gasteiger partial charge in [0.2, 0.25) is 0 Å². The second-order valence-electron chi connectivity index (χ2n) is 5.65. The highest BCUT2D eigenvalue weighted by Crippen LogP contribution is 2.34. The molecule has 122 valence electrons. The van der Waals surface area contributed by atoms with E-state index < -0.39 is 17.5 Å². The third-order valence-corrected chi connectivity index (χ3v) is 3.14. The number of pyridine rings is 1. The Balaban J connectivity index is 2.35. The number of ether oxygens (including phenoxy) is 1. The fraction of sp³-hybridized carbons (Fsp3) is 0.294. The van der Waals surface area contributed by atoms with E-state index in [1.807, 2.05) is 0 Å². The predicted octanol–water partition coefficient (Wildman–Crippen LogP) is 3.62. The molecule has 0 aliphatic rings. The molecule has 0 radical (unpaired) electrons. The molecule has 0 aliphatic heterocycles. The summed E-state index contributed by atoms with van der Waals surface area (Å²) in [5.74, 6) is -5.35. The van der Waals surface area contributed by atoms with Crippen LogP contribution in [0.5, 0.6) is 0 Å². The molecular formula is C17H18F2N2O2. The molecule has 2 N–H and O–H groups in total. The zero-order valence-corrected chi connectivity index (χ0v) is 12.9. The smallest absolute Gasteiger partial charge is 0.382 e. The molecule has 0 saturated heterocycles. The van der Waals surface area contributed by atoms with Gasteiger partial charge in [-0.1, -0.05) is 13.8 Å². The van der Waals surface area contributed by atoms with Crippen LogP contribution in [0.4, 0.5) is 14.5 Å². The Morgan fingerprint density at radius 2 is 1.87 bits per heavy atom. The highest BCUT2D eigenvalue weighted by atomic mass is 19.3. The third-order valence-electron chi connectivity index (χ3n) is 3.14. The lowest BCUT2D eigenvalue weighted by atomic mass is 10.00. The minimum absolute atomic E-state index is 0.0250. The van der Waals surface area contributed by atoms with Gasteiger partial charge in [0.1, 0.15) is 0 Å². The molecule has 4 nitrogen and oxygen atoms in total. The maximum Gasteiger partial charge on any atom is 0.382 e. The van der Waals surface area contributed by atoms with E-state index in [9.17, 15) is 13.6 Å². The number of halogens is 2. The molecular weight excluding hydrogens is 302 g/mol. The summed E-state index contributed by atoms with van der Waals surface area (Å²) in [6.07, 6.45) is 3.10. The molecule has 0 saturated carbocycles. The zero-order valence-electron chi connectivity index (χ0n) is 12.9. The fourth-order valence-electron chi connectivity index (χ4n) is 1.99. The summed E-state index contributed by atoms with van der Waals surface area (Å²) in [6.45, 7) is 3.48. The van der Waals surface area contributed by atoms with Crippen molar-refractivity contribution in [2.24, 2.45) is 5.92 Å². The van der Waals surface area contributed by atoms with Gasteiger partial charge in [-0.05, 0) is 47.4 Å². The van der Waals surface area contributed by atoms with Crippen LogP contribution < -0.4 is 5.73 Å². The van der Waals surface area contributed by atoms with Gasteiger partial charge in [0.05, 0.1) is 6.61 Å². The second-order valence-corrected chi connectivity index (χ2v) is 5.65. The lowest BCUT2D eigenvalue weighted by molar-refractivity contribution is -0.174. The molecule has 0 unspecified atom stereocenters. The van der Waals surface area contributed by atoms with Crippen molar-refractivity contribution in [2.45, 2.75) is 19.8 Å². The summed E-state index contributed by atoms with van der Waals surface area (Å²) in [6, 6.07) is 7.24. The summed E-state index contributed by atoms with van der Waals surface area (Å²) < 4.78 is 33.3. The first-order valence-corrected chi connectivity index (χ1v) is 7.17. The molecule has 1 aromatic heterocycles. The van der Waals surface area contributed by atoms with Gasteiger partial charge in [-0.3, -0.25) is 4.98 Å². The van der Waals surface area contributed by atoms with Gasteiger partial charge in [0, 0.05) is 23.6 Å². The molecule has 0 spiro atoms. The molecule has 0 bridgehead atoms. The largest absolute Gasteiger partial charge is 0.461 e. The van der Waals surface area contributed by atoms with Crippen molar-refractivity contribution in [3.05, 3.63) is 48.3 Å². The number of benzene rings is 1. The Morgan fingerprint density at radius 1 is 1.22 bits per heavy atom. The van der Waals surface area contributed by atoms with Crippen molar-refractivity contribution >= 4 is 11.7 Å². The first kappa shape index (κ1) is 16.9. The van der Waals surface area contributed by atoms with Crippen LogP contribution in [0, 0.1) is 5.92 Å². The van der Waals surface area contributed by atoms with E-state index in [0.29, 0.717) is 11.1 Å². The molecule has 2 aromatic rings. The van der Waals surface area contributed by atoms with Crippen molar-refractivity contribution in [1.82, 2.24) is 4.98 Å². The van der Waals surface area contributed by atoms with Crippen LogP contribution >= 0.6 is 0 Å². The molecule has 0 atom stereocenters. The highest BCUT2D eigenvalue weighted by Gasteiger charge is 2.43. The minimum atomic E-state index is -3.76. The summed E-state index contributed by atoms with van der Waals surface area (Å²) in [5, 5.41) is 0. The van der Waals surface area contributed by atoms with E-state index in [0.717, 1.165) is 6.07 Å². The zero-order chi connectivity index (χ0) is 17.0. The van der Waals surface area contributed by atoms with Crippen molar-refractivity contribution < 1.29 is 18.3 Å². The Labute approximate surface area is 133 Å². The number of aromatic nitrogens is 1. The topological polar surface area (TPSA) is 65.2 Å². The van der Waals surface area contributed by atoms with Gasteiger partial charge in [-0.2, -0.15) is 8.78 Å². The summed E-state index contributed by atoms with van der Waals surface area (Å²) in [4.78, 5) is 15.6. The summed E-state index contributed by atoms with van der Waals surface area (Å²) in [5.41, 5.74) is 6.54.